The molecule has 1 aliphatic heterocycles. The molecule has 1 aromatic heterocycles. The molecule has 0 saturated carbocycles. The van der Waals surface area contributed by atoms with E-state index in [0.29, 0.717) is 27.7 Å². The van der Waals surface area contributed by atoms with Crippen molar-refractivity contribution in [1.29, 1.82) is 0 Å². The fraction of sp³-hybridized carbons (Fsp3) is 0.370. The molecule has 0 unspecified atom stereocenters. The van der Waals surface area contributed by atoms with E-state index in [9.17, 15) is 23.2 Å². The zero-order valence-corrected chi connectivity index (χ0v) is 24.6. The third-order valence-electron chi connectivity index (χ3n) is 5.46. The van der Waals surface area contributed by atoms with Gasteiger partial charge in [-0.25, -0.2) is 18.4 Å². The number of aromatic carboxylic acids is 1. The number of hydrogen-bond acceptors (Lipinski definition) is 6. The molecule has 3 aromatic rings. The summed E-state index contributed by atoms with van der Waals surface area (Å²) in [6.45, 7) is 12.7. The largest absolute Gasteiger partial charge is 0.477 e. The molecule has 0 spiro atoms. The highest BCUT2D eigenvalue weighted by molar-refractivity contribution is 14.1. The number of piperazine rings is 1. The van der Waals surface area contributed by atoms with Gasteiger partial charge in [-0.1, -0.05) is 6.92 Å². The molecule has 1 saturated heterocycles. The topological polar surface area (TPSA) is 149 Å². The van der Waals surface area contributed by atoms with Crippen LogP contribution in [0.3, 0.4) is 0 Å². The SMILES string of the molecule is CC(=O)C(=O)O.CCCN1CCNCC1.Cc1cc(I)c(N)cc1F.Cc1cc2cc(C(=O)O)[nH]c2cc1F. The number of rotatable bonds is 4. The van der Waals surface area contributed by atoms with Crippen LogP contribution in [0.25, 0.3) is 10.9 Å². The Morgan fingerprint density at radius 3 is 2.03 bits per heavy atom. The molecule has 0 bridgehead atoms. The van der Waals surface area contributed by atoms with Crippen molar-refractivity contribution in [2.45, 2.75) is 34.1 Å². The van der Waals surface area contributed by atoms with Crippen molar-refractivity contribution in [3.05, 3.63) is 62.4 Å². The van der Waals surface area contributed by atoms with Crippen molar-refractivity contribution in [1.82, 2.24) is 15.2 Å². The molecular weight excluding hydrogens is 625 g/mol. The molecule has 39 heavy (non-hydrogen) atoms. The Hall–Kier alpha value is -3.10. The van der Waals surface area contributed by atoms with Crippen LogP contribution in [0.4, 0.5) is 14.5 Å². The maximum absolute atomic E-state index is 13.1. The van der Waals surface area contributed by atoms with Crippen LogP contribution in [-0.4, -0.2) is 70.5 Å². The molecule has 0 amide bonds. The van der Waals surface area contributed by atoms with Crippen LogP contribution in [0, 0.1) is 29.1 Å². The van der Waals surface area contributed by atoms with Gasteiger partial charge in [0.15, 0.2) is 0 Å². The Labute approximate surface area is 239 Å². The molecule has 1 fully saturated rings. The first-order valence-electron chi connectivity index (χ1n) is 12.2. The van der Waals surface area contributed by atoms with Crippen LogP contribution in [0.2, 0.25) is 0 Å². The highest BCUT2D eigenvalue weighted by atomic mass is 127. The van der Waals surface area contributed by atoms with Crippen molar-refractivity contribution in [3.63, 3.8) is 0 Å². The quantitative estimate of drug-likeness (QED) is 0.155. The maximum Gasteiger partial charge on any atom is 0.371 e. The fourth-order valence-corrected chi connectivity index (χ4v) is 3.92. The van der Waals surface area contributed by atoms with E-state index in [2.05, 4.69) is 44.7 Å². The number of aliphatic carboxylic acids is 1. The number of aromatic nitrogens is 1. The summed E-state index contributed by atoms with van der Waals surface area (Å²) in [7, 11) is 0. The predicted octanol–water partition coefficient (Wildman–Crippen LogP) is 4.60. The molecule has 9 nitrogen and oxygen atoms in total. The molecule has 0 aliphatic carbocycles. The number of nitrogen functional groups attached to an aromatic ring is 1. The molecule has 0 atom stereocenters. The zero-order chi connectivity index (χ0) is 29.7. The number of carbonyl (C=O) groups excluding carboxylic acids is 1. The first-order chi connectivity index (χ1) is 18.3. The van der Waals surface area contributed by atoms with E-state index in [4.69, 9.17) is 15.9 Å². The van der Waals surface area contributed by atoms with Crippen LogP contribution in [-0.2, 0) is 9.59 Å². The lowest BCUT2D eigenvalue weighted by molar-refractivity contribution is -0.148. The molecule has 0 radical (unpaired) electrons. The molecule has 1 aliphatic rings. The standard InChI is InChI=1S/C10H8FNO2.C7H7FIN.C7H16N2.C3H4O3/c1-5-2-6-3-9(10(13)14)12-8(6)4-7(5)11;1-4-2-6(9)7(10)3-5(4)8;1-2-5-9-6-3-8-4-7-9;1-2(4)3(5)6/h2-4,12H,1H3,(H,13,14);2-3H,10H2,1H3;8H,2-7H2,1H3;1H3,(H,5,6). The number of aryl methyl sites for hydroxylation is 2. The van der Waals surface area contributed by atoms with Crippen LogP contribution >= 0.6 is 22.6 Å². The Kier molecular flexibility index (Phi) is 14.6. The predicted molar refractivity (Wildman–Crippen MR) is 156 cm³/mol. The number of nitrogens with zero attached hydrogens (tertiary/aromatic N) is 1. The number of nitrogens with two attached hydrogens (primary N) is 1. The summed E-state index contributed by atoms with van der Waals surface area (Å²) in [5.41, 5.74) is 7.67. The van der Waals surface area contributed by atoms with Crippen molar-refractivity contribution in [3.8, 4) is 0 Å². The first kappa shape index (κ1) is 33.9. The van der Waals surface area contributed by atoms with Gasteiger partial charge < -0.3 is 31.1 Å². The van der Waals surface area contributed by atoms with Crippen molar-refractivity contribution in [2.75, 3.05) is 38.5 Å². The van der Waals surface area contributed by atoms with Gasteiger partial charge in [0.05, 0.1) is 0 Å². The van der Waals surface area contributed by atoms with Gasteiger partial charge in [-0.15, -0.1) is 0 Å². The number of aromatic amines is 1. The van der Waals surface area contributed by atoms with Gasteiger partial charge >= 0.3 is 11.9 Å². The van der Waals surface area contributed by atoms with Gasteiger partial charge in [-0.05, 0) is 90.9 Å². The van der Waals surface area contributed by atoms with Gasteiger partial charge in [-0.2, -0.15) is 0 Å². The van der Waals surface area contributed by atoms with E-state index in [1.165, 1.54) is 57.3 Å². The van der Waals surface area contributed by atoms with Gasteiger partial charge in [0, 0.05) is 53.3 Å². The normalized spacial score (nSPS) is 12.7. The summed E-state index contributed by atoms with van der Waals surface area (Å²) < 4.78 is 26.7. The number of fused-ring (bicyclic) bond motifs is 1. The summed E-state index contributed by atoms with van der Waals surface area (Å²) in [6.07, 6.45) is 1.29. The average Bonchev–Trinajstić information content (AvgIpc) is 3.28. The minimum absolute atomic E-state index is 0.0741. The first-order valence-corrected chi connectivity index (χ1v) is 13.2. The number of carboxylic acids is 2. The van der Waals surface area contributed by atoms with Crippen LogP contribution < -0.4 is 11.1 Å². The molecule has 2 heterocycles. The molecule has 2 aromatic carbocycles. The highest BCUT2D eigenvalue weighted by Crippen LogP contribution is 2.20. The van der Waals surface area contributed by atoms with E-state index in [-0.39, 0.29) is 17.3 Å². The molecule has 12 heteroatoms. The zero-order valence-electron chi connectivity index (χ0n) is 22.4. The van der Waals surface area contributed by atoms with Crippen molar-refractivity contribution in [2.24, 2.45) is 0 Å². The monoisotopic (exact) mass is 660 g/mol. The number of benzene rings is 2. The van der Waals surface area contributed by atoms with E-state index >= 15 is 0 Å². The van der Waals surface area contributed by atoms with E-state index in [1.807, 2.05) is 0 Å². The van der Waals surface area contributed by atoms with Crippen LogP contribution in [0.5, 0.6) is 0 Å². The lowest BCUT2D eigenvalue weighted by Crippen LogP contribution is -2.43. The van der Waals surface area contributed by atoms with Crippen LogP contribution in [0.15, 0.2) is 30.3 Å². The van der Waals surface area contributed by atoms with Gasteiger partial charge in [0.1, 0.15) is 17.3 Å². The number of Topliss-reactive ketones (excluding diaryl/α,β-unsaturated/α-hetero) is 1. The highest BCUT2D eigenvalue weighted by Gasteiger charge is 2.09. The maximum atomic E-state index is 13.1. The summed E-state index contributed by atoms with van der Waals surface area (Å²) in [4.78, 5) is 34.6. The number of carbonyl (C=O) groups is 3. The third kappa shape index (κ3) is 12.1. The second-order valence-electron chi connectivity index (χ2n) is 8.75. The number of carboxylic acid groups (broad SMARTS) is 2. The minimum atomic E-state index is -1.38. The van der Waals surface area contributed by atoms with E-state index in [0.717, 1.165) is 10.5 Å². The minimum Gasteiger partial charge on any atom is -0.477 e. The van der Waals surface area contributed by atoms with Crippen molar-refractivity contribution >= 4 is 56.9 Å². The van der Waals surface area contributed by atoms with Crippen molar-refractivity contribution < 1.29 is 33.4 Å². The number of hydrogen-bond donors (Lipinski definition) is 5. The summed E-state index contributed by atoms with van der Waals surface area (Å²) in [5, 5.41) is 20.4. The number of ketones is 1. The Balaban J connectivity index is 0.000000272. The summed E-state index contributed by atoms with van der Waals surface area (Å²) in [6, 6.07) is 7.48. The van der Waals surface area contributed by atoms with Gasteiger partial charge in [0.25, 0.3) is 0 Å². The molecule has 214 valence electrons. The Bertz CT molecular complexity index is 1170. The van der Waals surface area contributed by atoms with E-state index < -0.39 is 17.7 Å². The number of H-pyrrole nitrogens is 1. The summed E-state index contributed by atoms with van der Waals surface area (Å²) in [5.74, 6) is -3.82. The van der Waals surface area contributed by atoms with Gasteiger partial charge in [-0.3, -0.25) is 4.79 Å². The number of nitrogens with one attached hydrogen (secondary N) is 2. The lowest BCUT2D eigenvalue weighted by atomic mass is 10.1. The second-order valence-corrected chi connectivity index (χ2v) is 9.91. The smallest absolute Gasteiger partial charge is 0.371 e. The van der Waals surface area contributed by atoms with Crippen LogP contribution in [0.1, 0.15) is 41.9 Å². The Morgan fingerprint density at radius 1 is 1.00 bits per heavy atom. The fourth-order valence-electron chi connectivity index (χ4n) is 3.30. The third-order valence-corrected chi connectivity index (χ3v) is 6.39. The number of halogens is 3. The number of anilines is 1. The van der Waals surface area contributed by atoms with E-state index in [1.54, 1.807) is 26.0 Å². The van der Waals surface area contributed by atoms with Gasteiger partial charge in [0.2, 0.25) is 5.78 Å². The molecular formula is C27H35F2IN4O5. The lowest BCUT2D eigenvalue weighted by Gasteiger charge is -2.26. The molecule has 6 N–H and O–H groups in total. The Morgan fingerprint density at radius 2 is 1.54 bits per heavy atom. The molecule has 4 rings (SSSR count). The second kappa shape index (κ2) is 16.8. The average molecular weight is 661 g/mol. The summed E-state index contributed by atoms with van der Waals surface area (Å²) >= 11 is 2.07.